The van der Waals surface area contributed by atoms with Gasteiger partial charge >= 0.3 is 5.97 Å². The number of nitrogens with zero attached hydrogens (tertiary/aromatic N) is 1. The second-order valence-corrected chi connectivity index (χ2v) is 7.04. The molecule has 1 aliphatic heterocycles. The number of nitrogens with one attached hydrogen (secondary N) is 1. The van der Waals surface area contributed by atoms with Crippen molar-refractivity contribution in [3.8, 4) is 0 Å². The molecule has 2 heterocycles. The fraction of sp³-hybridized carbons (Fsp3) is 0.278. The number of hydrogen-bond donors (Lipinski definition) is 1. The molecule has 7 heteroatoms. The van der Waals surface area contributed by atoms with Crippen molar-refractivity contribution < 1.29 is 19.1 Å². The largest absolute Gasteiger partial charge is 0.449 e. The number of anilines is 2. The maximum Gasteiger partial charge on any atom is 0.339 e. The molecule has 0 unspecified atom stereocenters. The molecule has 1 aromatic carbocycles. The van der Waals surface area contributed by atoms with Gasteiger partial charge in [-0.2, -0.15) is 11.3 Å². The van der Waals surface area contributed by atoms with E-state index in [1.54, 1.807) is 54.9 Å². The van der Waals surface area contributed by atoms with Crippen molar-refractivity contribution in [3.05, 3.63) is 46.7 Å². The molecule has 130 valence electrons. The van der Waals surface area contributed by atoms with Crippen LogP contribution in [-0.2, 0) is 14.3 Å². The molecule has 1 N–H and O–H groups in total. The van der Waals surface area contributed by atoms with Gasteiger partial charge in [0.05, 0.1) is 16.9 Å². The number of esters is 1. The fourth-order valence-corrected chi connectivity index (χ4v) is 3.31. The van der Waals surface area contributed by atoms with Gasteiger partial charge in [0.1, 0.15) is 5.54 Å². The van der Waals surface area contributed by atoms with Crippen molar-refractivity contribution in [2.24, 2.45) is 0 Å². The summed E-state index contributed by atoms with van der Waals surface area (Å²) in [4.78, 5) is 38.9. The highest BCUT2D eigenvalue weighted by Crippen LogP contribution is 2.37. The van der Waals surface area contributed by atoms with Crippen molar-refractivity contribution in [2.45, 2.75) is 32.4 Å². The van der Waals surface area contributed by atoms with Crippen LogP contribution in [0.1, 0.15) is 31.1 Å². The van der Waals surface area contributed by atoms with Crippen LogP contribution in [0.5, 0.6) is 0 Å². The van der Waals surface area contributed by atoms with Gasteiger partial charge in [0, 0.05) is 5.38 Å². The molecule has 1 aromatic heterocycles. The molecule has 0 saturated heterocycles. The van der Waals surface area contributed by atoms with Crippen LogP contribution >= 0.6 is 11.3 Å². The Morgan fingerprint density at radius 3 is 2.64 bits per heavy atom. The summed E-state index contributed by atoms with van der Waals surface area (Å²) in [6.07, 6.45) is -1.02. The van der Waals surface area contributed by atoms with E-state index in [4.69, 9.17) is 4.74 Å². The Kier molecular flexibility index (Phi) is 4.34. The van der Waals surface area contributed by atoms with Crippen molar-refractivity contribution in [1.29, 1.82) is 0 Å². The maximum atomic E-state index is 13.0. The monoisotopic (exact) mass is 358 g/mol. The van der Waals surface area contributed by atoms with Crippen molar-refractivity contribution in [2.75, 3.05) is 10.2 Å². The normalized spacial score (nSPS) is 16.6. The maximum absolute atomic E-state index is 13.0. The van der Waals surface area contributed by atoms with Gasteiger partial charge in [0.25, 0.3) is 5.91 Å². The number of amides is 2. The van der Waals surface area contributed by atoms with E-state index in [1.165, 1.54) is 23.2 Å². The molecule has 25 heavy (non-hydrogen) atoms. The number of ether oxygens (including phenoxy) is 1. The van der Waals surface area contributed by atoms with Gasteiger partial charge in [-0.05, 0) is 44.4 Å². The van der Waals surface area contributed by atoms with E-state index in [9.17, 15) is 14.4 Å². The second-order valence-electron chi connectivity index (χ2n) is 6.26. The third-order valence-corrected chi connectivity index (χ3v) is 4.80. The number of para-hydroxylation sites is 2. The van der Waals surface area contributed by atoms with E-state index in [1.807, 2.05) is 0 Å². The van der Waals surface area contributed by atoms with Gasteiger partial charge in [-0.15, -0.1) is 0 Å². The molecule has 0 radical (unpaired) electrons. The van der Waals surface area contributed by atoms with Crippen LogP contribution in [0.15, 0.2) is 41.1 Å². The van der Waals surface area contributed by atoms with Crippen LogP contribution in [0.3, 0.4) is 0 Å². The quantitative estimate of drug-likeness (QED) is 0.856. The van der Waals surface area contributed by atoms with Gasteiger partial charge in [-0.1, -0.05) is 12.1 Å². The first-order valence-corrected chi connectivity index (χ1v) is 8.74. The molecule has 6 nitrogen and oxygen atoms in total. The Balaban J connectivity index is 1.89. The lowest BCUT2D eigenvalue weighted by Gasteiger charge is -2.42. The highest BCUT2D eigenvalue weighted by molar-refractivity contribution is 7.08. The zero-order chi connectivity index (χ0) is 18.2. The zero-order valence-electron chi connectivity index (χ0n) is 14.1. The van der Waals surface area contributed by atoms with E-state index in [2.05, 4.69) is 5.32 Å². The van der Waals surface area contributed by atoms with Gasteiger partial charge in [-0.3, -0.25) is 14.5 Å². The smallest absolute Gasteiger partial charge is 0.339 e. The van der Waals surface area contributed by atoms with Crippen molar-refractivity contribution in [1.82, 2.24) is 0 Å². The van der Waals surface area contributed by atoms with Gasteiger partial charge in [0.15, 0.2) is 6.10 Å². The van der Waals surface area contributed by atoms with Crippen LogP contribution in [0, 0.1) is 0 Å². The van der Waals surface area contributed by atoms with Crippen LogP contribution in [0.25, 0.3) is 0 Å². The van der Waals surface area contributed by atoms with Crippen LogP contribution < -0.4 is 10.2 Å². The fourth-order valence-electron chi connectivity index (χ4n) is 2.69. The molecule has 0 aliphatic carbocycles. The molecule has 0 fully saturated rings. The number of benzene rings is 1. The minimum absolute atomic E-state index is 0.295. The Hall–Kier alpha value is -2.67. The lowest BCUT2D eigenvalue weighted by Crippen LogP contribution is -2.60. The lowest BCUT2D eigenvalue weighted by atomic mass is 9.95. The second kappa shape index (κ2) is 6.33. The van der Waals surface area contributed by atoms with E-state index in [0.29, 0.717) is 16.9 Å². The van der Waals surface area contributed by atoms with Gasteiger partial charge in [0.2, 0.25) is 5.91 Å². The average Bonchev–Trinajstić information content (AvgIpc) is 3.10. The summed E-state index contributed by atoms with van der Waals surface area (Å²) in [7, 11) is 0. The highest BCUT2D eigenvalue weighted by Gasteiger charge is 2.45. The minimum atomic E-state index is -1.10. The number of carbonyl (C=O) groups excluding carboxylic acids is 3. The standard InChI is InChI=1S/C18H18N2O4S/c1-11(24-16(22)12-8-9-25-10-12)15(21)20-14-7-5-4-6-13(14)19-17(23)18(20,2)3/h4-11H,1-3H3,(H,19,23)/t11-/m0/s1. The third-order valence-electron chi connectivity index (χ3n) is 4.12. The zero-order valence-corrected chi connectivity index (χ0v) is 14.9. The molecule has 0 spiro atoms. The summed E-state index contributed by atoms with van der Waals surface area (Å²) in [6, 6.07) is 8.68. The highest BCUT2D eigenvalue weighted by atomic mass is 32.1. The molecule has 2 amide bonds. The number of hydrogen-bond acceptors (Lipinski definition) is 5. The van der Waals surface area contributed by atoms with Gasteiger partial charge < -0.3 is 10.1 Å². The number of carbonyl (C=O) groups is 3. The first-order chi connectivity index (χ1) is 11.8. The Labute approximate surface area is 149 Å². The molecule has 3 rings (SSSR count). The third kappa shape index (κ3) is 3.02. The SMILES string of the molecule is C[C@H](OC(=O)c1ccsc1)C(=O)N1c2ccccc2NC(=O)C1(C)C. The summed E-state index contributed by atoms with van der Waals surface area (Å²) >= 11 is 1.37. The van der Waals surface area contributed by atoms with Crippen LogP contribution in [-0.4, -0.2) is 29.4 Å². The predicted octanol–water partition coefficient (Wildman–Crippen LogP) is 3.06. The van der Waals surface area contributed by atoms with E-state index < -0.39 is 23.5 Å². The summed E-state index contributed by atoms with van der Waals surface area (Å²) in [5, 5.41) is 6.22. The number of thiophene rings is 1. The Bertz CT molecular complexity index is 829. The van der Waals surface area contributed by atoms with Crippen molar-refractivity contribution in [3.63, 3.8) is 0 Å². The van der Waals surface area contributed by atoms with Crippen LogP contribution in [0.2, 0.25) is 0 Å². The summed E-state index contributed by atoms with van der Waals surface area (Å²) in [5.41, 5.74) is 0.432. The molecule has 2 aromatic rings. The number of rotatable bonds is 3. The van der Waals surface area contributed by atoms with E-state index >= 15 is 0 Å². The van der Waals surface area contributed by atoms with Crippen molar-refractivity contribution >= 4 is 40.5 Å². The van der Waals surface area contributed by atoms with Crippen LogP contribution in [0.4, 0.5) is 11.4 Å². The summed E-state index contributed by atoms with van der Waals surface area (Å²) in [5.74, 6) is -1.30. The summed E-state index contributed by atoms with van der Waals surface area (Å²) < 4.78 is 5.30. The molecule has 1 atom stereocenters. The van der Waals surface area contributed by atoms with E-state index in [-0.39, 0.29) is 5.91 Å². The van der Waals surface area contributed by atoms with Gasteiger partial charge in [-0.25, -0.2) is 4.79 Å². The topological polar surface area (TPSA) is 75.7 Å². The molecule has 0 saturated carbocycles. The Morgan fingerprint density at radius 1 is 1.24 bits per heavy atom. The molecule has 1 aliphatic rings. The predicted molar refractivity (Wildman–Crippen MR) is 95.8 cm³/mol. The summed E-state index contributed by atoms with van der Waals surface area (Å²) in [6.45, 7) is 4.82. The van der Waals surface area contributed by atoms with E-state index in [0.717, 1.165) is 0 Å². The Morgan fingerprint density at radius 2 is 1.96 bits per heavy atom. The minimum Gasteiger partial charge on any atom is -0.449 e. The first kappa shape index (κ1) is 17.2. The molecule has 0 bridgehead atoms. The molecular weight excluding hydrogens is 340 g/mol. The molecular formula is C18H18N2O4S. The first-order valence-electron chi connectivity index (χ1n) is 7.80. The lowest BCUT2D eigenvalue weighted by molar-refractivity contribution is -0.131. The number of fused-ring (bicyclic) bond motifs is 1. The average molecular weight is 358 g/mol.